The summed E-state index contributed by atoms with van der Waals surface area (Å²) in [5.41, 5.74) is 0.382. The first-order chi connectivity index (χ1) is 11.7. The number of carbonyl (C=O) groups is 4. The quantitative estimate of drug-likeness (QED) is 0.387. The summed E-state index contributed by atoms with van der Waals surface area (Å²) in [7, 11) is 0. The predicted molar refractivity (Wildman–Crippen MR) is 82.9 cm³/mol. The number of nitrogens with zero attached hydrogens (tertiary/aromatic N) is 2. The lowest BCUT2D eigenvalue weighted by Gasteiger charge is -2.37. The van der Waals surface area contributed by atoms with E-state index in [1.807, 2.05) is 0 Å². The second-order valence-electron chi connectivity index (χ2n) is 5.17. The second-order valence-corrected chi connectivity index (χ2v) is 5.17. The van der Waals surface area contributed by atoms with E-state index < -0.39 is 56.2 Å². The van der Waals surface area contributed by atoms with Crippen LogP contribution in [0.4, 0.5) is 0 Å². The van der Waals surface area contributed by atoms with Crippen molar-refractivity contribution in [1.82, 2.24) is 9.80 Å². The molecule has 1 rings (SSSR count). The molecule has 0 bridgehead atoms. The second kappa shape index (κ2) is 9.35. The van der Waals surface area contributed by atoms with E-state index in [0.717, 1.165) is 9.80 Å². The molecule has 0 spiro atoms. The molecule has 0 aromatic heterocycles. The number of hydrogen-bond acceptors (Lipinski definition) is 6. The highest BCUT2D eigenvalue weighted by atomic mass is 16.4. The summed E-state index contributed by atoms with van der Waals surface area (Å²) < 4.78 is 0. The highest BCUT2D eigenvalue weighted by Gasteiger charge is 2.32. The van der Waals surface area contributed by atoms with E-state index >= 15 is 0 Å². The van der Waals surface area contributed by atoms with Crippen LogP contribution in [0.2, 0.25) is 0 Å². The fourth-order valence-corrected chi connectivity index (χ4v) is 2.43. The van der Waals surface area contributed by atoms with Gasteiger partial charge in [0.25, 0.3) is 0 Å². The molecule has 0 atom stereocenters. The van der Waals surface area contributed by atoms with Gasteiger partial charge in [-0.25, -0.2) is 0 Å². The minimum atomic E-state index is -1.33. The average molecular weight is 354 g/mol. The molecular formula is C15H18N2O8. The van der Waals surface area contributed by atoms with Crippen molar-refractivity contribution in [2.75, 3.05) is 26.2 Å². The van der Waals surface area contributed by atoms with Crippen LogP contribution in [0.3, 0.4) is 0 Å². The van der Waals surface area contributed by atoms with E-state index in [-0.39, 0.29) is 0 Å². The molecule has 0 radical (unpaired) electrons. The molecular weight excluding hydrogens is 336 g/mol. The van der Waals surface area contributed by atoms with Crippen molar-refractivity contribution < 1.29 is 39.6 Å². The number of aliphatic carboxylic acids is 4. The van der Waals surface area contributed by atoms with Gasteiger partial charge < -0.3 is 20.4 Å². The summed E-state index contributed by atoms with van der Waals surface area (Å²) in [5.74, 6) is -5.30. The van der Waals surface area contributed by atoms with Crippen molar-refractivity contribution in [3.8, 4) is 0 Å². The molecule has 0 amide bonds. The van der Waals surface area contributed by atoms with Crippen LogP contribution < -0.4 is 0 Å². The molecule has 1 aromatic carbocycles. The maximum atomic E-state index is 11.1. The fraction of sp³-hybridized carbons (Fsp3) is 0.333. The molecule has 10 nitrogen and oxygen atoms in total. The lowest BCUT2D eigenvalue weighted by Crippen LogP contribution is -2.49. The van der Waals surface area contributed by atoms with E-state index in [2.05, 4.69) is 0 Å². The van der Waals surface area contributed by atoms with Gasteiger partial charge in [-0.2, -0.15) is 0 Å². The SMILES string of the molecule is O=C(O)CN(CC(=O)O)C(c1ccccc1)N(CC(=O)O)CC(=O)O. The zero-order valence-corrected chi connectivity index (χ0v) is 13.1. The maximum absolute atomic E-state index is 11.1. The number of hydrogen-bond donors (Lipinski definition) is 4. The van der Waals surface area contributed by atoms with Crippen molar-refractivity contribution in [3.05, 3.63) is 35.9 Å². The summed E-state index contributed by atoms with van der Waals surface area (Å²) >= 11 is 0. The molecule has 0 aliphatic heterocycles. The van der Waals surface area contributed by atoms with Crippen molar-refractivity contribution in [2.24, 2.45) is 0 Å². The zero-order valence-electron chi connectivity index (χ0n) is 13.1. The monoisotopic (exact) mass is 354 g/mol. The van der Waals surface area contributed by atoms with Gasteiger partial charge in [-0.05, 0) is 5.56 Å². The van der Waals surface area contributed by atoms with Crippen molar-refractivity contribution in [3.63, 3.8) is 0 Å². The number of benzene rings is 1. The van der Waals surface area contributed by atoms with Crippen LogP contribution in [0.25, 0.3) is 0 Å². The smallest absolute Gasteiger partial charge is 0.317 e. The standard InChI is InChI=1S/C15H18N2O8/c18-11(19)6-16(7-12(20)21)15(10-4-2-1-3-5-10)17(8-13(22)23)9-14(24)25/h1-5,15H,6-9H2,(H,18,19)(H,20,21)(H,22,23)(H,24,25). The van der Waals surface area contributed by atoms with E-state index in [0.29, 0.717) is 5.56 Å². The first-order valence-corrected chi connectivity index (χ1v) is 7.11. The Balaban J connectivity index is 3.36. The molecule has 0 aliphatic rings. The number of carboxylic acids is 4. The fourth-order valence-electron chi connectivity index (χ4n) is 2.43. The normalized spacial score (nSPS) is 11.0. The third-order valence-corrected chi connectivity index (χ3v) is 3.14. The van der Waals surface area contributed by atoms with Crippen LogP contribution in [0, 0.1) is 0 Å². The zero-order chi connectivity index (χ0) is 19.0. The third kappa shape index (κ3) is 6.97. The lowest BCUT2D eigenvalue weighted by molar-refractivity contribution is -0.148. The van der Waals surface area contributed by atoms with Gasteiger partial charge in [0.15, 0.2) is 0 Å². The Labute approximate surface area is 142 Å². The van der Waals surface area contributed by atoms with Crippen LogP contribution in [-0.4, -0.2) is 80.3 Å². The predicted octanol–water partition coefficient (Wildman–Crippen LogP) is -0.372. The molecule has 1 aromatic rings. The highest BCUT2D eigenvalue weighted by molar-refractivity contribution is 5.74. The van der Waals surface area contributed by atoms with Crippen LogP contribution in [-0.2, 0) is 19.2 Å². The molecule has 136 valence electrons. The van der Waals surface area contributed by atoms with Crippen LogP contribution in [0.15, 0.2) is 30.3 Å². The Morgan fingerprint density at radius 3 is 1.28 bits per heavy atom. The number of carboxylic acid groups (broad SMARTS) is 4. The molecule has 25 heavy (non-hydrogen) atoms. The first kappa shape index (κ1) is 20.1. The van der Waals surface area contributed by atoms with Gasteiger partial charge in [-0.3, -0.25) is 29.0 Å². The summed E-state index contributed by atoms with van der Waals surface area (Å²) in [6.45, 7) is -2.83. The minimum Gasteiger partial charge on any atom is -0.480 e. The van der Waals surface area contributed by atoms with Crippen LogP contribution >= 0.6 is 0 Å². The highest BCUT2D eigenvalue weighted by Crippen LogP contribution is 2.24. The van der Waals surface area contributed by atoms with Gasteiger partial charge in [-0.1, -0.05) is 30.3 Å². The average Bonchev–Trinajstić information content (AvgIpc) is 2.45. The Hall–Kier alpha value is -2.98. The Kier molecular flexibility index (Phi) is 7.50. The Bertz CT molecular complexity index is 566. The van der Waals surface area contributed by atoms with Gasteiger partial charge >= 0.3 is 23.9 Å². The maximum Gasteiger partial charge on any atom is 0.317 e. The first-order valence-electron chi connectivity index (χ1n) is 7.11. The van der Waals surface area contributed by atoms with Crippen LogP contribution in [0.5, 0.6) is 0 Å². The molecule has 0 fully saturated rings. The van der Waals surface area contributed by atoms with Gasteiger partial charge in [-0.15, -0.1) is 0 Å². The van der Waals surface area contributed by atoms with E-state index in [4.69, 9.17) is 20.4 Å². The minimum absolute atomic E-state index is 0.382. The van der Waals surface area contributed by atoms with E-state index in [1.54, 1.807) is 18.2 Å². The summed E-state index contributed by atoms with van der Waals surface area (Å²) in [5, 5.41) is 36.2. The summed E-state index contributed by atoms with van der Waals surface area (Å²) in [4.78, 5) is 46.4. The third-order valence-electron chi connectivity index (χ3n) is 3.14. The molecule has 0 saturated carbocycles. The molecule has 0 saturated heterocycles. The molecule has 10 heteroatoms. The Morgan fingerprint density at radius 1 is 0.680 bits per heavy atom. The largest absolute Gasteiger partial charge is 0.480 e. The molecule has 0 aliphatic carbocycles. The van der Waals surface area contributed by atoms with Gasteiger partial charge in [0.05, 0.1) is 32.3 Å². The van der Waals surface area contributed by atoms with Crippen molar-refractivity contribution >= 4 is 23.9 Å². The number of rotatable bonds is 11. The van der Waals surface area contributed by atoms with Crippen LogP contribution in [0.1, 0.15) is 11.7 Å². The summed E-state index contributed by atoms with van der Waals surface area (Å²) in [6.07, 6.45) is -1.15. The van der Waals surface area contributed by atoms with Gasteiger partial charge in [0.1, 0.15) is 0 Å². The van der Waals surface area contributed by atoms with Gasteiger partial charge in [0, 0.05) is 0 Å². The van der Waals surface area contributed by atoms with E-state index in [9.17, 15) is 19.2 Å². The summed E-state index contributed by atoms with van der Waals surface area (Å²) in [6, 6.07) is 7.94. The molecule has 4 N–H and O–H groups in total. The van der Waals surface area contributed by atoms with Crippen molar-refractivity contribution in [2.45, 2.75) is 6.17 Å². The van der Waals surface area contributed by atoms with Crippen molar-refractivity contribution in [1.29, 1.82) is 0 Å². The molecule has 0 unspecified atom stereocenters. The topological polar surface area (TPSA) is 156 Å². The Morgan fingerprint density at radius 2 is 1.00 bits per heavy atom. The van der Waals surface area contributed by atoms with E-state index in [1.165, 1.54) is 12.1 Å². The van der Waals surface area contributed by atoms with Gasteiger partial charge in [0.2, 0.25) is 0 Å². The molecule has 0 heterocycles. The lowest BCUT2D eigenvalue weighted by atomic mass is 10.1.